The Morgan fingerprint density at radius 3 is 1.94 bits per heavy atom. The summed E-state index contributed by atoms with van der Waals surface area (Å²) in [7, 11) is 0. The molecule has 1 aromatic rings. The molecule has 1 rings (SSSR count). The largest absolute Gasteiger partial charge is 0.453 e. The molecule has 0 saturated carbocycles. The summed E-state index contributed by atoms with van der Waals surface area (Å²) in [6.45, 7) is 0. The van der Waals surface area contributed by atoms with E-state index in [2.05, 4.69) is 15.9 Å². The number of hydrogen-bond acceptors (Lipinski definition) is 1. The molecule has 0 aliphatic carbocycles. The Morgan fingerprint density at radius 2 is 1.53 bits per heavy atom. The molecule has 0 aliphatic rings. The predicted molar refractivity (Wildman–Crippen MR) is 54.7 cm³/mol. The molecule has 0 aromatic heterocycles. The van der Waals surface area contributed by atoms with Gasteiger partial charge in [0.2, 0.25) is 0 Å². The molecule has 0 fully saturated rings. The average molecular weight is 319 g/mol. The monoisotopic (exact) mass is 318 g/mol. The summed E-state index contributed by atoms with van der Waals surface area (Å²) in [6, 6.07) is 5.46. The van der Waals surface area contributed by atoms with Gasteiger partial charge in [0.25, 0.3) is 0 Å². The molecule has 1 aromatic carbocycles. The van der Waals surface area contributed by atoms with Gasteiger partial charge in [-0.05, 0) is 17.7 Å². The number of aliphatic hydroxyl groups is 1. The van der Waals surface area contributed by atoms with E-state index in [1.54, 1.807) is 0 Å². The maximum absolute atomic E-state index is 12.7. The van der Waals surface area contributed by atoms with Gasteiger partial charge in [0.15, 0.2) is 0 Å². The molecule has 7 heteroatoms. The highest BCUT2D eigenvalue weighted by atomic mass is 79.9. The number of benzene rings is 1. The van der Waals surface area contributed by atoms with E-state index >= 15 is 0 Å². The van der Waals surface area contributed by atoms with Crippen molar-refractivity contribution in [3.05, 3.63) is 34.3 Å². The van der Waals surface area contributed by atoms with E-state index in [1.807, 2.05) is 0 Å². The van der Waals surface area contributed by atoms with Gasteiger partial charge in [-0.3, -0.25) is 0 Å². The quantitative estimate of drug-likeness (QED) is 0.833. The molecule has 0 spiro atoms. The van der Waals surface area contributed by atoms with Crippen molar-refractivity contribution in [2.24, 2.45) is 0 Å². The van der Waals surface area contributed by atoms with Gasteiger partial charge in [-0.25, -0.2) is 0 Å². The summed E-state index contributed by atoms with van der Waals surface area (Å²) in [5, 5.41) is 9.32. The van der Waals surface area contributed by atoms with E-state index in [4.69, 9.17) is 0 Å². The van der Waals surface area contributed by atoms with E-state index in [0.717, 1.165) is 0 Å². The van der Waals surface area contributed by atoms with Crippen molar-refractivity contribution in [2.75, 3.05) is 0 Å². The highest BCUT2D eigenvalue weighted by Gasteiger charge is 2.58. The maximum Gasteiger partial charge on any atom is 0.453 e. The molecule has 1 atom stereocenters. The lowest BCUT2D eigenvalue weighted by atomic mass is 10.0. The van der Waals surface area contributed by atoms with Crippen LogP contribution in [0.1, 0.15) is 18.1 Å². The van der Waals surface area contributed by atoms with Crippen LogP contribution in [0.3, 0.4) is 0 Å². The summed E-state index contributed by atoms with van der Waals surface area (Å²) >= 11 is 3.08. The predicted octanol–water partition coefficient (Wildman–Crippen LogP) is 4.07. The normalized spacial score (nSPS) is 14.8. The van der Waals surface area contributed by atoms with Crippen LogP contribution in [0.25, 0.3) is 0 Å². The Kier molecular flexibility index (Phi) is 4.14. The second kappa shape index (κ2) is 4.89. The first kappa shape index (κ1) is 14.4. The molecule has 0 radical (unpaired) electrons. The molecule has 1 unspecified atom stereocenters. The molecular formula is C10H8BrF5O. The zero-order chi connectivity index (χ0) is 13.3. The van der Waals surface area contributed by atoms with Gasteiger partial charge < -0.3 is 5.11 Å². The van der Waals surface area contributed by atoms with Crippen LogP contribution >= 0.6 is 15.9 Å². The third kappa shape index (κ3) is 3.64. The average Bonchev–Trinajstić information content (AvgIpc) is 2.16. The van der Waals surface area contributed by atoms with E-state index in [0.29, 0.717) is 4.47 Å². The van der Waals surface area contributed by atoms with Gasteiger partial charge in [0, 0.05) is 4.47 Å². The molecule has 0 saturated heterocycles. The van der Waals surface area contributed by atoms with Crippen LogP contribution in [-0.4, -0.2) is 17.2 Å². The number of aliphatic hydroxyl groups excluding tert-OH is 1. The molecule has 17 heavy (non-hydrogen) atoms. The first-order chi connectivity index (χ1) is 7.63. The Morgan fingerprint density at radius 1 is 1.06 bits per heavy atom. The van der Waals surface area contributed by atoms with Crippen LogP contribution in [0.2, 0.25) is 0 Å². The molecule has 1 nitrogen and oxygen atoms in total. The Balaban J connectivity index is 2.79. The highest BCUT2D eigenvalue weighted by molar-refractivity contribution is 9.10. The second-order valence-corrected chi connectivity index (χ2v) is 4.39. The maximum atomic E-state index is 12.7. The fourth-order valence-corrected chi connectivity index (χ4v) is 1.43. The Labute approximate surface area is 102 Å². The topological polar surface area (TPSA) is 20.2 Å². The summed E-state index contributed by atoms with van der Waals surface area (Å²) in [4.78, 5) is 0. The van der Waals surface area contributed by atoms with Crippen molar-refractivity contribution in [1.82, 2.24) is 0 Å². The van der Waals surface area contributed by atoms with E-state index in [-0.39, 0.29) is 5.56 Å². The summed E-state index contributed by atoms with van der Waals surface area (Å²) in [5.41, 5.74) is 0.0112. The first-order valence-electron chi connectivity index (χ1n) is 4.51. The number of halogens is 6. The van der Waals surface area contributed by atoms with E-state index in [1.165, 1.54) is 24.3 Å². The van der Waals surface area contributed by atoms with E-state index < -0.39 is 24.6 Å². The van der Waals surface area contributed by atoms with Crippen molar-refractivity contribution in [1.29, 1.82) is 0 Å². The zero-order valence-electron chi connectivity index (χ0n) is 8.31. The van der Waals surface area contributed by atoms with Crippen molar-refractivity contribution < 1.29 is 27.1 Å². The Bertz CT molecular complexity index is 373. The Hall–Kier alpha value is -0.690. The van der Waals surface area contributed by atoms with Crippen LogP contribution < -0.4 is 0 Å². The minimum atomic E-state index is -5.65. The van der Waals surface area contributed by atoms with Crippen LogP contribution in [0.15, 0.2) is 28.7 Å². The van der Waals surface area contributed by atoms with Crippen molar-refractivity contribution in [3.63, 3.8) is 0 Å². The van der Waals surface area contributed by atoms with Gasteiger partial charge in [-0.15, -0.1) is 0 Å². The summed E-state index contributed by atoms with van der Waals surface area (Å²) in [5.74, 6) is -4.90. The molecule has 0 aliphatic heterocycles. The molecule has 0 heterocycles. The smallest absolute Gasteiger partial charge is 0.388 e. The van der Waals surface area contributed by atoms with Gasteiger partial charge in [0.05, 0.1) is 12.5 Å². The molecule has 96 valence electrons. The lowest BCUT2D eigenvalue weighted by Crippen LogP contribution is -2.37. The SMILES string of the molecule is OC(CC(F)(F)C(F)(F)F)c1ccc(Br)cc1. The number of alkyl halides is 5. The van der Waals surface area contributed by atoms with Crippen LogP contribution in [-0.2, 0) is 0 Å². The lowest BCUT2D eigenvalue weighted by Gasteiger charge is -2.22. The van der Waals surface area contributed by atoms with Gasteiger partial charge in [0.1, 0.15) is 0 Å². The molecular weight excluding hydrogens is 311 g/mol. The van der Waals surface area contributed by atoms with E-state index in [9.17, 15) is 27.1 Å². The minimum absolute atomic E-state index is 0.0112. The van der Waals surface area contributed by atoms with Crippen LogP contribution in [0, 0.1) is 0 Å². The standard InChI is InChI=1S/C10H8BrF5O/c11-7-3-1-6(2-4-7)8(17)5-9(12,13)10(14,15)16/h1-4,8,17H,5H2. The highest BCUT2D eigenvalue weighted by Crippen LogP contribution is 2.41. The molecule has 1 N–H and O–H groups in total. The van der Waals surface area contributed by atoms with Gasteiger partial charge in [-0.2, -0.15) is 22.0 Å². The van der Waals surface area contributed by atoms with Gasteiger partial charge >= 0.3 is 12.1 Å². The second-order valence-electron chi connectivity index (χ2n) is 3.47. The minimum Gasteiger partial charge on any atom is -0.388 e. The molecule has 0 bridgehead atoms. The molecule has 0 amide bonds. The first-order valence-corrected chi connectivity index (χ1v) is 5.31. The van der Waals surface area contributed by atoms with Crippen molar-refractivity contribution >= 4 is 15.9 Å². The fraction of sp³-hybridized carbons (Fsp3) is 0.400. The third-order valence-corrected chi connectivity index (χ3v) is 2.65. The van der Waals surface area contributed by atoms with Crippen molar-refractivity contribution in [2.45, 2.75) is 24.6 Å². The summed E-state index contributed by atoms with van der Waals surface area (Å²) in [6.07, 6.45) is -9.19. The summed E-state index contributed by atoms with van der Waals surface area (Å²) < 4.78 is 61.7. The number of hydrogen-bond donors (Lipinski definition) is 1. The fourth-order valence-electron chi connectivity index (χ4n) is 1.16. The third-order valence-electron chi connectivity index (χ3n) is 2.12. The van der Waals surface area contributed by atoms with Gasteiger partial charge in [-0.1, -0.05) is 28.1 Å². The van der Waals surface area contributed by atoms with Crippen molar-refractivity contribution in [3.8, 4) is 0 Å². The van der Waals surface area contributed by atoms with Crippen LogP contribution in [0.4, 0.5) is 22.0 Å². The lowest BCUT2D eigenvalue weighted by molar-refractivity contribution is -0.290. The zero-order valence-corrected chi connectivity index (χ0v) is 9.89. The number of rotatable bonds is 3. The van der Waals surface area contributed by atoms with Crippen LogP contribution in [0.5, 0.6) is 0 Å².